The van der Waals surface area contributed by atoms with Crippen molar-refractivity contribution < 1.29 is 8.42 Å². The van der Waals surface area contributed by atoms with Crippen LogP contribution >= 0.6 is 11.8 Å². The van der Waals surface area contributed by atoms with E-state index in [1.54, 1.807) is 13.0 Å². The fourth-order valence-corrected chi connectivity index (χ4v) is 4.57. The zero-order valence-electron chi connectivity index (χ0n) is 14.6. The fraction of sp³-hybridized carbons (Fsp3) is 0.222. The topological polar surface area (TPSA) is 87.7 Å². The van der Waals surface area contributed by atoms with Gasteiger partial charge in [-0.25, -0.2) is 18.1 Å². The summed E-state index contributed by atoms with van der Waals surface area (Å²) in [4.78, 5) is 4.74. The van der Waals surface area contributed by atoms with Crippen molar-refractivity contribution in [3.63, 3.8) is 0 Å². The first kappa shape index (κ1) is 18.6. The van der Waals surface area contributed by atoms with E-state index in [2.05, 4.69) is 19.9 Å². The summed E-state index contributed by atoms with van der Waals surface area (Å²) in [6, 6.07) is 15.1. The molecule has 1 aromatic heterocycles. The zero-order valence-corrected chi connectivity index (χ0v) is 16.2. The molecule has 0 saturated heterocycles. The molecular weight excluding hydrogens is 368 g/mol. The summed E-state index contributed by atoms with van der Waals surface area (Å²) in [6.45, 7) is 3.97. The molecule has 8 heteroatoms. The molecule has 0 aliphatic carbocycles. The predicted octanol–water partition coefficient (Wildman–Crippen LogP) is 3.16. The van der Waals surface area contributed by atoms with Crippen molar-refractivity contribution in [2.24, 2.45) is 0 Å². The van der Waals surface area contributed by atoms with Crippen LogP contribution in [0.4, 0.5) is 0 Å². The molecule has 0 radical (unpaired) electrons. The normalized spacial score (nSPS) is 11.6. The number of sulfonamides is 1. The molecule has 0 aliphatic rings. The van der Waals surface area contributed by atoms with Crippen molar-refractivity contribution in [2.45, 2.75) is 23.9 Å². The van der Waals surface area contributed by atoms with E-state index in [4.69, 9.17) is 0 Å². The Hall–Kier alpha value is -2.16. The molecule has 3 aromatic rings. The highest BCUT2D eigenvalue weighted by Crippen LogP contribution is 2.19. The van der Waals surface area contributed by atoms with E-state index in [9.17, 15) is 8.42 Å². The van der Waals surface area contributed by atoms with Crippen LogP contribution in [-0.4, -0.2) is 35.9 Å². The number of hydrogen-bond donors (Lipinski definition) is 2. The number of H-pyrrole nitrogens is 1. The number of benzene rings is 2. The average molecular weight is 389 g/mol. The van der Waals surface area contributed by atoms with E-state index in [1.165, 1.54) is 11.8 Å². The molecule has 1 heterocycles. The fourth-order valence-electron chi connectivity index (χ4n) is 2.43. The molecule has 0 aliphatic heterocycles. The molecule has 0 spiro atoms. The number of aromatic nitrogens is 3. The molecule has 0 saturated carbocycles. The SMILES string of the molecule is Cc1ccc(C)c(S(=O)(=O)NCCSc2n[nH]c(-c3ccccc3)n2)c1. The highest BCUT2D eigenvalue weighted by Gasteiger charge is 2.16. The van der Waals surface area contributed by atoms with Crippen LogP contribution in [0, 0.1) is 13.8 Å². The highest BCUT2D eigenvalue weighted by atomic mass is 32.2. The number of rotatable bonds is 7. The Kier molecular flexibility index (Phi) is 5.75. The number of hydrogen-bond acceptors (Lipinski definition) is 5. The summed E-state index contributed by atoms with van der Waals surface area (Å²) < 4.78 is 27.5. The second-order valence-electron chi connectivity index (χ2n) is 5.85. The Balaban J connectivity index is 1.56. The first-order chi connectivity index (χ1) is 12.5. The van der Waals surface area contributed by atoms with E-state index >= 15 is 0 Å². The van der Waals surface area contributed by atoms with Gasteiger partial charge in [-0.05, 0) is 31.0 Å². The predicted molar refractivity (Wildman–Crippen MR) is 104 cm³/mol. The second kappa shape index (κ2) is 8.03. The minimum atomic E-state index is -3.52. The lowest BCUT2D eigenvalue weighted by molar-refractivity contribution is 0.583. The Morgan fingerprint density at radius 2 is 1.88 bits per heavy atom. The lowest BCUT2D eigenvalue weighted by Crippen LogP contribution is -2.26. The van der Waals surface area contributed by atoms with Gasteiger partial charge in [0.1, 0.15) is 0 Å². The Morgan fingerprint density at radius 1 is 1.12 bits per heavy atom. The summed E-state index contributed by atoms with van der Waals surface area (Å²) in [5.74, 6) is 1.24. The smallest absolute Gasteiger partial charge is 0.240 e. The third-order valence-electron chi connectivity index (χ3n) is 3.77. The van der Waals surface area contributed by atoms with Gasteiger partial charge < -0.3 is 0 Å². The Bertz CT molecular complexity index is 985. The van der Waals surface area contributed by atoms with Gasteiger partial charge in [0.2, 0.25) is 15.2 Å². The van der Waals surface area contributed by atoms with Crippen LogP contribution in [0.2, 0.25) is 0 Å². The molecule has 0 fully saturated rings. The minimum absolute atomic E-state index is 0.301. The van der Waals surface area contributed by atoms with Crippen LogP contribution in [0.25, 0.3) is 11.4 Å². The number of aryl methyl sites for hydroxylation is 2. The number of thioether (sulfide) groups is 1. The average Bonchev–Trinajstić information content (AvgIpc) is 3.10. The van der Waals surface area contributed by atoms with Gasteiger partial charge in [0.25, 0.3) is 0 Å². The van der Waals surface area contributed by atoms with Crippen LogP contribution in [-0.2, 0) is 10.0 Å². The van der Waals surface area contributed by atoms with Crippen molar-refractivity contribution in [1.82, 2.24) is 19.9 Å². The third-order valence-corrected chi connectivity index (χ3v) is 6.22. The first-order valence-electron chi connectivity index (χ1n) is 8.13. The molecule has 0 atom stereocenters. The number of nitrogens with zero attached hydrogens (tertiary/aromatic N) is 2. The lowest BCUT2D eigenvalue weighted by Gasteiger charge is -2.09. The van der Waals surface area contributed by atoms with Gasteiger partial charge in [0, 0.05) is 17.9 Å². The quantitative estimate of drug-likeness (QED) is 0.479. The summed E-state index contributed by atoms with van der Waals surface area (Å²) in [5, 5.41) is 7.65. The summed E-state index contributed by atoms with van der Waals surface area (Å²) in [7, 11) is -3.52. The molecular formula is C18H20N4O2S2. The van der Waals surface area contributed by atoms with Gasteiger partial charge in [0.05, 0.1) is 4.90 Å². The second-order valence-corrected chi connectivity index (χ2v) is 8.65. The lowest BCUT2D eigenvalue weighted by atomic mass is 10.2. The minimum Gasteiger partial charge on any atom is -0.258 e. The van der Waals surface area contributed by atoms with Gasteiger partial charge >= 0.3 is 0 Å². The Labute approximate surface area is 157 Å². The van der Waals surface area contributed by atoms with E-state index < -0.39 is 10.0 Å². The van der Waals surface area contributed by atoms with Crippen LogP contribution in [0.3, 0.4) is 0 Å². The maximum absolute atomic E-state index is 12.4. The molecule has 26 heavy (non-hydrogen) atoms. The molecule has 0 unspecified atom stereocenters. The molecule has 2 aromatic carbocycles. The molecule has 2 N–H and O–H groups in total. The monoisotopic (exact) mass is 388 g/mol. The summed E-state index contributed by atoms with van der Waals surface area (Å²) >= 11 is 1.40. The van der Waals surface area contributed by atoms with Gasteiger partial charge in [-0.15, -0.1) is 5.10 Å². The molecule has 0 bridgehead atoms. The first-order valence-corrected chi connectivity index (χ1v) is 10.6. The number of nitrogens with one attached hydrogen (secondary N) is 2. The molecule has 6 nitrogen and oxygen atoms in total. The highest BCUT2D eigenvalue weighted by molar-refractivity contribution is 7.99. The standard InChI is InChI=1S/C18H20N4O2S2/c1-13-8-9-14(2)16(12-13)26(23,24)19-10-11-25-18-20-17(21-22-18)15-6-4-3-5-7-15/h3-9,12,19H,10-11H2,1-2H3,(H,20,21,22). The maximum Gasteiger partial charge on any atom is 0.240 e. The maximum atomic E-state index is 12.4. The molecule has 3 rings (SSSR count). The largest absolute Gasteiger partial charge is 0.258 e. The summed E-state index contributed by atoms with van der Waals surface area (Å²) in [6.07, 6.45) is 0. The molecule has 0 amide bonds. The van der Waals surface area contributed by atoms with Crippen molar-refractivity contribution in [3.8, 4) is 11.4 Å². The van der Waals surface area contributed by atoms with Gasteiger partial charge in [0.15, 0.2) is 5.82 Å². The van der Waals surface area contributed by atoms with Crippen molar-refractivity contribution >= 4 is 21.8 Å². The number of aromatic amines is 1. The van der Waals surface area contributed by atoms with Crippen molar-refractivity contribution in [3.05, 3.63) is 59.7 Å². The van der Waals surface area contributed by atoms with E-state index in [-0.39, 0.29) is 0 Å². The third kappa shape index (κ3) is 4.51. The van der Waals surface area contributed by atoms with Gasteiger partial charge in [-0.3, -0.25) is 5.10 Å². The van der Waals surface area contributed by atoms with Gasteiger partial charge in [-0.2, -0.15) is 0 Å². The van der Waals surface area contributed by atoms with Crippen molar-refractivity contribution in [2.75, 3.05) is 12.3 Å². The zero-order chi connectivity index (χ0) is 18.6. The van der Waals surface area contributed by atoms with Crippen LogP contribution < -0.4 is 4.72 Å². The van der Waals surface area contributed by atoms with E-state index in [0.717, 1.165) is 16.7 Å². The van der Waals surface area contributed by atoms with Gasteiger partial charge in [-0.1, -0.05) is 54.2 Å². The van der Waals surface area contributed by atoms with Crippen molar-refractivity contribution in [1.29, 1.82) is 0 Å². The van der Waals surface area contributed by atoms with Crippen LogP contribution in [0.1, 0.15) is 11.1 Å². The summed E-state index contributed by atoms with van der Waals surface area (Å²) in [5.41, 5.74) is 2.61. The van der Waals surface area contributed by atoms with E-state index in [1.807, 2.05) is 49.4 Å². The molecule has 136 valence electrons. The Morgan fingerprint density at radius 3 is 2.65 bits per heavy atom. The van der Waals surface area contributed by atoms with Crippen LogP contribution in [0.5, 0.6) is 0 Å². The van der Waals surface area contributed by atoms with E-state index in [0.29, 0.717) is 28.2 Å². The van der Waals surface area contributed by atoms with Crippen LogP contribution in [0.15, 0.2) is 58.6 Å².